The molecule has 0 spiro atoms. The lowest BCUT2D eigenvalue weighted by molar-refractivity contribution is -0.137. The van der Waals surface area contributed by atoms with Crippen LogP contribution < -0.4 is 0 Å². The van der Waals surface area contributed by atoms with E-state index >= 15 is 0 Å². The number of benzene rings is 1. The number of rotatable bonds is 3. The van der Waals surface area contributed by atoms with Crippen molar-refractivity contribution in [3.63, 3.8) is 0 Å². The second kappa shape index (κ2) is 5.45. The van der Waals surface area contributed by atoms with Crippen LogP contribution >= 0.6 is 0 Å². The Labute approximate surface area is 113 Å². The highest BCUT2D eigenvalue weighted by atomic mass is 19.4. The molecule has 0 saturated heterocycles. The van der Waals surface area contributed by atoms with Crippen molar-refractivity contribution in [3.05, 3.63) is 35.4 Å². The van der Waals surface area contributed by atoms with Crippen molar-refractivity contribution in [2.45, 2.75) is 19.0 Å². The molecule has 1 aliphatic rings. The Morgan fingerprint density at radius 2 is 1.95 bits per heavy atom. The lowest BCUT2D eigenvalue weighted by atomic mass is 9.92. The molecule has 0 amide bonds. The van der Waals surface area contributed by atoms with E-state index in [2.05, 4.69) is 4.99 Å². The fourth-order valence-electron chi connectivity index (χ4n) is 2.07. The molecule has 0 bridgehead atoms. The normalized spacial score (nSPS) is 16.4. The topological polar surface area (TPSA) is 53.2 Å². The van der Waals surface area contributed by atoms with E-state index in [1.165, 1.54) is 0 Å². The lowest BCUT2D eigenvalue weighted by Crippen LogP contribution is -2.21. The number of aliphatic imine (C=N–C) groups is 1. The quantitative estimate of drug-likeness (QED) is 0.798. The predicted octanol–water partition coefficient (Wildman–Crippen LogP) is 3.26. The zero-order valence-corrected chi connectivity index (χ0v) is 10.4. The van der Waals surface area contributed by atoms with Gasteiger partial charge in [-0.2, -0.15) is 18.4 Å². The number of nitrogens with zero attached hydrogens (tertiary/aromatic N) is 2. The highest BCUT2D eigenvalue weighted by Gasteiger charge is 2.31. The van der Waals surface area contributed by atoms with Crippen LogP contribution in [-0.4, -0.2) is 18.0 Å². The summed E-state index contributed by atoms with van der Waals surface area (Å²) in [5, 5.41) is 9.07. The van der Waals surface area contributed by atoms with Crippen molar-refractivity contribution in [1.82, 2.24) is 0 Å². The van der Waals surface area contributed by atoms with Crippen molar-refractivity contribution in [1.29, 1.82) is 5.26 Å². The summed E-state index contributed by atoms with van der Waals surface area (Å²) in [7, 11) is 0. The Morgan fingerprint density at radius 1 is 1.30 bits per heavy atom. The summed E-state index contributed by atoms with van der Waals surface area (Å²) in [6.07, 6.45) is -3.05. The molecule has 1 aromatic carbocycles. The number of hydrogen-bond acceptors (Lipinski definition) is 3. The summed E-state index contributed by atoms with van der Waals surface area (Å²) in [5.74, 6) is -1.49. The molecule has 0 aliphatic carbocycles. The van der Waals surface area contributed by atoms with Gasteiger partial charge in [0.2, 0.25) is 0 Å². The number of halogens is 3. The maximum absolute atomic E-state index is 12.4. The molecule has 1 unspecified atom stereocenters. The summed E-state index contributed by atoms with van der Waals surface area (Å²) in [5.41, 5.74) is -0.197. The summed E-state index contributed by atoms with van der Waals surface area (Å²) in [6.45, 7) is 0.591. The van der Waals surface area contributed by atoms with Gasteiger partial charge in [0, 0.05) is 17.8 Å². The molecule has 0 aromatic heterocycles. The Hall–Kier alpha value is -2.16. The molecule has 0 N–H and O–H groups in total. The van der Waals surface area contributed by atoms with Crippen LogP contribution in [0.4, 0.5) is 13.2 Å². The molecule has 1 aliphatic heterocycles. The highest BCUT2D eigenvalue weighted by molar-refractivity contribution is 6.14. The smallest absolute Gasteiger partial charge is 0.292 e. The predicted molar refractivity (Wildman–Crippen MR) is 66.4 cm³/mol. The molecule has 1 heterocycles. The fourth-order valence-corrected chi connectivity index (χ4v) is 2.07. The summed E-state index contributed by atoms with van der Waals surface area (Å²) in [6, 6.07) is 5.78. The molecule has 0 saturated carbocycles. The summed E-state index contributed by atoms with van der Waals surface area (Å²) < 4.78 is 37.3. The third-order valence-electron chi connectivity index (χ3n) is 3.13. The first kappa shape index (κ1) is 14.3. The first-order valence-electron chi connectivity index (χ1n) is 6.08. The molecular weight excluding hydrogens is 269 g/mol. The van der Waals surface area contributed by atoms with E-state index in [1.54, 1.807) is 0 Å². The minimum atomic E-state index is -4.44. The molecule has 104 valence electrons. The number of carbonyl (C=O) groups is 1. The van der Waals surface area contributed by atoms with Crippen LogP contribution in [0.25, 0.3) is 0 Å². The van der Waals surface area contributed by atoms with Gasteiger partial charge in [0.05, 0.1) is 11.6 Å². The van der Waals surface area contributed by atoms with Crippen LogP contribution in [0.3, 0.4) is 0 Å². The van der Waals surface area contributed by atoms with E-state index in [9.17, 15) is 18.0 Å². The largest absolute Gasteiger partial charge is 0.416 e. The SMILES string of the molecule is N#CC(C(=O)c1ccc(C(F)(F)F)cc1)C1=NCCC1. The number of carbonyl (C=O) groups excluding carboxylic acids is 1. The van der Waals surface area contributed by atoms with Crippen LogP contribution in [0.2, 0.25) is 0 Å². The Kier molecular flexibility index (Phi) is 3.89. The number of nitriles is 1. The van der Waals surface area contributed by atoms with Gasteiger partial charge in [-0.1, -0.05) is 12.1 Å². The molecular formula is C14H11F3N2O. The second-order valence-corrected chi connectivity index (χ2v) is 4.48. The first-order valence-corrected chi connectivity index (χ1v) is 6.08. The van der Waals surface area contributed by atoms with Crippen molar-refractivity contribution in [2.24, 2.45) is 10.9 Å². The molecule has 2 rings (SSSR count). The minimum absolute atomic E-state index is 0.0964. The van der Waals surface area contributed by atoms with Crippen molar-refractivity contribution < 1.29 is 18.0 Å². The maximum Gasteiger partial charge on any atom is 0.416 e. The summed E-state index contributed by atoms with van der Waals surface area (Å²) >= 11 is 0. The van der Waals surface area contributed by atoms with Crippen LogP contribution in [-0.2, 0) is 6.18 Å². The highest BCUT2D eigenvalue weighted by Crippen LogP contribution is 2.29. The molecule has 0 fully saturated rings. The Morgan fingerprint density at radius 3 is 2.40 bits per heavy atom. The fraction of sp³-hybridized carbons (Fsp3) is 0.357. The first-order chi connectivity index (χ1) is 9.43. The van der Waals surface area contributed by atoms with Gasteiger partial charge in [0.15, 0.2) is 5.78 Å². The van der Waals surface area contributed by atoms with Gasteiger partial charge in [0.1, 0.15) is 5.92 Å². The van der Waals surface area contributed by atoms with Crippen molar-refractivity contribution >= 4 is 11.5 Å². The van der Waals surface area contributed by atoms with Gasteiger partial charge < -0.3 is 0 Å². The third kappa shape index (κ3) is 2.87. The monoisotopic (exact) mass is 280 g/mol. The minimum Gasteiger partial charge on any atom is -0.292 e. The molecule has 6 heteroatoms. The van der Waals surface area contributed by atoms with Crippen LogP contribution in [0.5, 0.6) is 0 Å². The van der Waals surface area contributed by atoms with Crippen LogP contribution in [0.1, 0.15) is 28.8 Å². The van der Waals surface area contributed by atoms with E-state index in [4.69, 9.17) is 5.26 Å². The van der Waals surface area contributed by atoms with E-state index in [-0.39, 0.29) is 5.56 Å². The van der Waals surface area contributed by atoms with Crippen LogP contribution in [0, 0.1) is 17.2 Å². The van der Waals surface area contributed by atoms with Gasteiger partial charge in [-0.05, 0) is 25.0 Å². The van der Waals surface area contributed by atoms with E-state index in [0.29, 0.717) is 18.7 Å². The van der Waals surface area contributed by atoms with Gasteiger partial charge in [-0.15, -0.1) is 0 Å². The van der Waals surface area contributed by atoms with E-state index < -0.39 is 23.4 Å². The van der Waals surface area contributed by atoms with Gasteiger partial charge in [-0.25, -0.2) is 0 Å². The number of alkyl halides is 3. The standard InChI is InChI=1S/C14H11F3N2O/c15-14(16,17)10-5-3-9(4-6-10)13(20)11(8-18)12-2-1-7-19-12/h3-6,11H,1-2,7H2. The zero-order chi connectivity index (χ0) is 14.8. The van der Waals surface area contributed by atoms with E-state index in [0.717, 1.165) is 30.7 Å². The molecule has 3 nitrogen and oxygen atoms in total. The van der Waals surface area contributed by atoms with Gasteiger partial charge >= 0.3 is 6.18 Å². The number of hydrogen-bond donors (Lipinski definition) is 0. The Bertz CT molecular complexity index is 582. The number of Topliss-reactive ketones (excluding diaryl/α,β-unsaturated/α-hetero) is 1. The molecule has 1 aromatic rings. The maximum atomic E-state index is 12.4. The molecule has 1 atom stereocenters. The zero-order valence-electron chi connectivity index (χ0n) is 10.4. The Balaban J connectivity index is 2.23. The van der Waals surface area contributed by atoms with Gasteiger partial charge in [-0.3, -0.25) is 9.79 Å². The molecule has 20 heavy (non-hydrogen) atoms. The van der Waals surface area contributed by atoms with Crippen LogP contribution in [0.15, 0.2) is 29.3 Å². The average Bonchev–Trinajstić information content (AvgIpc) is 2.92. The molecule has 0 radical (unpaired) electrons. The number of ketones is 1. The summed E-state index contributed by atoms with van der Waals surface area (Å²) in [4.78, 5) is 16.2. The van der Waals surface area contributed by atoms with Gasteiger partial charge in [0.25, 0.3) is 0 Å². The third-order valence-corrected chi connectivity index (χ3v) is 3.13. The van der Waals surface area contributed by atoms with Crippen molar-refractivity contribution in [3.8, 4) is 6.07 Å². The van der Waals surface area contributed by atoms with Crippen molar-refractivity contribution in [2.75, 3.05) is 6.54 Å². The average molecular weight is 280 g/mol. The van der Waals surface area contributed by atoms with E-state index in [1.807, 2.05) is 6.07 Å². The second-order valence-electron chi connectivity index (χ2n) is 4.48. The lowest BCUT2D eigenvalue weighted by Gasteiger charge is -2.10.